The lowest BCUT2D eigenvalue weighted by molar-refractivity contribution is -0.148. The molecule has 3 N–H and O–H groups in total. The van der Waals surface area contributed by atoms with Crippen LogP contribution in [-0.2, 0) is 14.3 Å². The maximum Gasteiger partial charge on any atom is 0.323 e. The van der Waals surface area contributed by atoms with Gasteiger partial charge in [-0.1, -0.05) is 11.9 Å². The molecule has 0 radical (unpaired) electrons. The summed E-state index contributed by atoms with van der Waals surface area (Å²) >= 11 is 1.19. The zero-order chi connectivity index (χ0) is 13.7. The molecule has 2 atom stereocenters. The second kappa shape index (κ2) is 6.60. The first-order valence-electron chi connectivity index (χ1n) is 5.59. The van der Waals surface area contributed by atoms with Gasteiger partial charge in [0.15, 0.2) is 0 Å². The maximum atomic E-state index is 11.4. The minimum absolute atomic E-state index is 0.161. The fourth-order valence-corrected chi connectivity index (χ4v) is 2.06. The topological polar surface area (TPSA) is 96.5 Å². The van der Waals surface area contributed by atoms with Crippen molar-refractivity contribution >= 4 is 29.9 Å². The first-order chi connectivity index (χ1) is 8.40. The van der Waals surface area contributed by atoms with E-state index in [1.807, 2.05) is 0 Å². The third-order valence-corrected chi connectivity index (χ3v) is 3.09. The molecular weight excluding hydrogens is 258 g/mol. The molecule has 1 heterocycles. The van der Waals surface area contributed by atoms with Crippen molar-refractivity contribution in [1.29, 1.82) is 0 Å². The Balaban J connectivity index is 2.23. The second-order valence-corrected chi connectivity index (χ2v) is 5.01. The van der Waals surface area contributed by atoms with Crippen molar-refractivity contribution in [3.63, 3.8) is 0 Å². The smallest absolute Gasteiger partial charge is 0.323 e. The number of nitrogens with one attached hydrogen (secondary N) is 3. The lowest BCUT2D eigenvalue weighted by Gasteiger charge is -2.15. The molecule has 0 aliphatic carbocycles. The number of hydrogen-bond donors (Lipinski definition) is 3. The van der Waals surface area contributed by atoms with Gasteiger partial charge in [0.1, 0.15) is 12.1 Å². The van der Waals surface area contributed by atoms with Gasteiger partial charge in [0.2, 0.25) is 0 Å². The molecular formula is C10H17N3O4S. The van der Waals surface area contributed by atoms with Crippen LogP contribution in [-0.4, -0.2) is 41.8 Å². The predicted octanol–water partition coefficient (Wildman–Crippen LogP) is -0.228. The summed E-state index contributed by atoms with van der Waals surface area (Å²) in [4.78, 5) is 33.5. The Morgan fingerprint density at radius 1 is 1.44 bits per heavy atom. The number of hydrogen-bond acceptors (Lipinski definition) is 6. The number of urea groups is 1. The minimum Gasteiger partial charge on any atom is -0.462 e. The van der Waals surface area contributed by atoms with E-state index in [0.717, 1.165) is 0 Å². The van der Waals surface area contributed by atoms with Crippen LogP contribution >= 0.6 is 11.9 Å². The van der Waals surface area contributed by atoms with E-state index in [2.05, 4.69) is 15.4 Å². The summed E-state index contributed by atoms with van der Waals surface area (Å²) in [5, 5.41) is 4.59. The summed E-state index contributed by atoms with van der Waals surface area (Å²) < 4.78 is 7.87. The van der Waals surface area contributed by atoms with Gasteiger partial charge in [-0.05, 0) is 20.8 Å². The van der Waals surface area contributed by atoms with E-state index in [1.165, 1.54) is 11.9 Å². The molecule has 0 unspecified atom stereocenters. The van der Waals surface area contributed by atoms with Gasteiger partial charge in [-0.3, -0.25) is 19.6 Å². The molecule has 102 valence electrons. The van der Waals surface area contributed by atoms with Crippen LogP contribution < -0.4 is 15.4 Å². The van der Waals surface area contributed by atoms with E-state index in [0.29, 0.717) is 5.75 Å². The zero-order valence-electron chi connectivity index (χ0n) is 10.5. The van der Waals surface area contributed by atoms with Gasteiger partial charge >= 0.3 is 12.0 Å². The molecule has 0 saturated carbocycles. The Labute approximate surface area is 110 Å². The highest BCUT2D eigenvalue weighted by molar-refractivity contribution is 7.97. The quantitative estimate of drug-likeness (QED) is 0.352. The van der Waals surface area contributed by atoms with Crippen LogP contribution in [0.5, 0.6) is 0 Å². The Morgan fingerprint density at radius 3 is 2.61 bits per heavy atom. The maximum absolute atomic E-state index is 11.4. The fraction of sp³-hybridized carbons (Fsp3) is 0.700. The Bertz CT molecular complexity index is 348. The van der Waals surface area contributed by atoms with Crippen LogP contribution in [0.4, 0.5) is 4.79 Å². The zero-order valence-corrected chi connectivity index (χ0v) is 11.3. The normalized spacial score (nSPS) is 20.6. The molecule has 3 amide bonds. The molecule has 0 aromatic heterocycles. The lowest BCUT2D eigenvalue weighted by Crippen LogP contribution is -2.36. The number of ether oxygens (including phenoxy) is 1. The molecule has 7 nitrogen and oxygen atoms in total. The van der Waals surface area contributed by atoms with Crippen LogP contribution in [0.15, 0.2) is 0 Å². The van der Waals surface area contributed by atoms with E-state index in [-0.39, 0.29) is 18.0 Å². The molecule has 0 spiro atoms. The van der Waals surface area contributed by atoms with Gasteiger partial charge < -0.3 is 10.1 Å². The highest BCUT2D eigenvalue weighted by Crippen LogP contribution is 2.05. The second-order valence-electron chi connectivity index (χ2n) is 4.15. The number of imide groups is 1. The molecule has 1 aliphatic rings. The number of rotatable bonds is 6. The summed E-state index contributed by atoms with van der Waals surface area (Å²) in [5.74, 6) is -0.360. The van der Waals surface area contributed by atoms with Crippen LogP contribution in [0.3, 0.4) is 0 Å². The third-order valence-electron chi connectivity index (χ3n) is 2.07. The number of esters is 1. The van der Waals surface area contributed by atoms with Crippen molar-refractivity contribution in [2.45, 2.75) is 39.0 Å². The van der Waals surface area contributed by atoms with Crippen molar-refractivity contribution in [1.82, 2.24) is 15.4 Å². The number of carbonyl (C=O) groups is 3. The SMILES string of the molecule is CC(C)OC(=O)[C@@H](C)NSC[C@@H]1NC(=O)NC1=O. The van der Waals surface area contributed by atoms with Crippen molar-refractivity contribution in [2.24, 2.45) is 0 Å². The summed E-state index contributed by atoms with van der Waals surface area (Å²) in [6.07, 6.45) is -0.161. The van der Waals surface area contributed by atoms with Crippen molar-refractivity contribution in [3.05, 3.63) is 0 Å². The van der Waals surface area contributed by atoms with Crippen LogP contribution in [0, 0.1) is 0 Å². The summed E-state index contributed by atoms with van der Waals surface area (Å²) in [7, 11) is 0. The van der Waals surface area contributed by atoms with Gasteiger partial charge in [0, 0.05) is 5.75 Å². The van der Waals surface area contributed by atoms with Gasteiger partial charge in [0.25, 0.3) is 5.91 Å². The average molecular weight is 275 g/mol. The van der Waals surface area contributed by atoms with Crippen molar-refractivity contribution in [2.75, 3.05) is 5.75 Å². The summed E-state index contributed by atoms with van der Waals surface area (Å²) in [6.45, 7) is 5.22. The first-order valence-corrected chi connectivity index (χ1v) is 6.58. The van der Waals surface area contributed by atoms with E-state index in [4.69, 9.17) is 4.74 Å². The molecule has 0 aromatic rings. The Morgan fingerprint density at radius 2 is 2.11 bits per heavy atom. The highest BCUT2D eigenvalue weighted by atomic mass is 32.2. The van der Waals surface area contributed by atoms with E-state index in [9.17, 15) is 14.4 Å². The van der Waals surface area contributed by atoms with Gasteiger partial charge in [-0.2, -0.15) is 0 Å². The van der Waals surface area contributed by atoms with Crippen molar-refractivity contribution < 1.29 is 19.1 Å². The number of carbonyl (C=O) groups excluding carboxylic acids is 3. The molecule has 1 rings (SSSR count). The summed E-state index contributed by atoms with van der Waals surface area (Å²) in [6, 6.07) is -1.53. The van der Waals surface area contributed by atoms with E-state index < -0.39 is 18.1 Å². The molecule has 1 aliphatic heterocycles. The van der Waals surface area contributed by atoms with E-state index in [1.54, 1.807) is 20.8 Å². The summed E-state index contributed by atoms with van der Waals surface area (Å²) in [5.41, 5.74) is 0. The molecule has 0 aromatic carbocycles. The van der Waals surface area contributed by atoms with Gasteiger partial charge in [-0.25, -0.2) is 4.79 Å². The molecule has 18 heavy (non-hydrogen) atoms. The van der Waals surface area contributed by atoms with Gasteiger partial charge in [0.05, 0.1) is 6.10 Å². The predicted molar refractivity (Wildman–Crippen MR) is 66.7 cm³/mol. The molecule has 0 bridgehead atoms. The average Bonchev–Trinajstić information content (AvgIpc) is 2.56. The minimum atomic E-state index is -0.566. The lowest BCUT2D eigenvalue weighted by atomic mass is 10.3. The van der Waals surface area contributed by atoms with Crippen LogP contribution in [0.25, 0.3) is 0 Å². The molecule has 1 fully saturated rings. The largest absolute Gasteiger partial charge is 0.462 e. The monoisotopic (exact) mass is 275 g/mol. The van der Waals surface area contributed by atoms with Crippen LogP contribution in [0.2, 0.25) is 0 Å². The van der Waals surface area contributed by atoms with Gasteiger partial charge in [-0.15, -0.1) is 0 Å². The van der Waals surface area contributed by atoms with E-state index >= 15 is 0 Å². The van der Waals surface area contributed by atoms with Crippen LogP contribution in [0.1, 0.15) is 20.8 Å². The van der Waals surface area contributed by atoms with Crippen molar-refractivity contribution in [3.8, 4) is 0 Å². The Kier molecular flexibility index (Phi) is 5.42. The highest BCUT2D eigenvalue weighted by Gasteiger charge is 2.29. The fourth-order valence-electron chi connectivity index (χ4n) is 1.22. The first kappa shape index (κ1) is 14.8. The Hall–Kier alpha value is -1.28. The molecule has 8 heteroatoms. The standard InChI is InChI=1S/C10H17N3O4S/c1-5(2)17-9(15)6(3)13-18-4-7-8(14)12-10(16)11-7/h5-7,13H,4H2,1-3H3,(H2,11,12,14,16)/t6-,7+/m1/s1. The third kappa shape index (κ3) is 4.53. The number of amides is 3. The molecule has 1 saturated heterocycles.